The van der Waals surface area contributed by atoms with E-state index >= 15 is 0 Å². The first-order valence-electron chi connectivity index (χ1n) is 12.6. The van der Waals surface area contributed by atoms with Crippen LogP contribution in [0.3, 0.4) is 0 Å². The van der Waals surface area contributed by atoms with Gasteiger partial charge in [-0.2, -0.15) is 13.2 Å². The molecule has 1 N–H and O–H groups in total. The summed E-state index contributed by atoms with van der Waals surface area (Å²) >= 11 is 0. The minimum atomic E-state index is -4.46. The Kier molecular flexibility index (Phi) is 4.98. The first kappa shape index (κ1) is 21.9. The number of fused-ring (bicyclic) bond motifs is 1. The van der Waals surface area contributed by atoms with Crippen molar-refractivity contribution in [3.05, 3.63) is 53.0 Å². The molecule has 4 aliphatic rings. The predicted octanol–water partition coefficient (Wildman–Crippen LogP) is 7.11. The third-order valence-corrected chi connectivity index (χ3v) is 8.22. The predicted molar refractivity (Wildman–Crippen MR) is 126 cm³/mol. The number of nitrogens with zero attached hydrogens (tertiary/aromatic N) is 3. The van der Waals surface area contributed by atoms with Gasteiger partial charge in [0, 0.05) is 23.2 Å². The highest BCUT2D eigenvalue weighted by molar-refractivity contribution is 5.64. The van der Waals surface area contributed by atoms with Crippen molar-refractivity contribution >= 4 is 5.82 Å². The summed E-state index contributed by atoms with van der Waals surface area (Å²) in [6.07, 6.45) is 4.66. The van der Waals surface area contributed by atoms with E-state index in [-0.39, 0.29) is 22.8 Å². The molecular formula is C27H31F3N4. The van der Waals surface area contributed by atoms with Crippen LogP contribution in [0.4, 0.5) is 19.0 Å². The van der Waals surface area contributed by atoms with Crippen LogP contribution >= 0.6 is 0 Å². The van der Waals surface area contributed by atoms with Gasteiger partial charge in [-0.3, -0.25) is 0 Å². The van der Waals surface area contributed by atoms with Gasteiger partial charge in [0.25, 0.3) is 0 Å². The standard InChI is InChI=1S/C27H31F3N4/c1-16-15-26(2)23(18-12-13-18)34(26)25(16)33-22-14-21(17-8-4-3-5-9-17)31-24(32-22)19-10-6-7-11-20(19)27(28,29)30/h6-7,10-11,14,17-18,23H,3-5,8-9,12-13,15H2,1-2H3,(H,31,32,33). The molecule has 4 nitrogen and oxygen atoms in total. The van der Waals surface area contributed by atoms with Gasteiger partial charge in [-0.05, 0) is 63.5 Å². The van der Waals surface area contributed by atoms with Crippen molar-refractivity contribution < 1.29 is 13.2 Å². The summed E-state index contributed by atoms with van der Waals surface area (Å²) in [6.45, 7) is 4.47. The van der Waals surface area contributed by atoms with Gasteiger partial charge in [-0.15, -0.1) is 0 Å². The number of hydrogen-bond acceptors (Lipinski definition) is 4. The van der Waals surface area contributed by atoms with Gasteiger partial charge < -0.3 is 10.2 Å². The molecule has 2 atom stereocenters. The molecule has 3 heterocycles. The number of halogens is 3. The Morgan fingerprint density at radius 1 is 1.03 bits per heavy atom. The molecule has 34 heavy (non-hydrogen) atoms. The quantitative estimate of drug-likeness (QED) is 0.475. The Labute approximate surface area is 198 Å². The van der Waals surface area contributed by atoms with Gasteiger partial charge in [0.2, 0.25) is 0 Å². The third kappa shape index (κ3) is 3.68. The Morgan fingerprint density at radius 2 is 1.76 bits per heavy atom. The molecule has 2 aromatic rings. The molecule has 1 aromatic carbocycles. The van der Waals surface area contributed by atoms with Crippen LogP contribution in [0.1, 0.15) is 82.4 Å². The van der Waals surface area contributed by atoms with Gasteiger partial charge in [-0.25, -0.2) is 9.97 Å². The van der Waals surface area contributed by atoms with Crippen molar-refractivity contribution in [3.63, 3.8) is 0 Å². The van der Waals surface area contributed by atoms with E-state index in [1.54, 1.807) is 6.07 Å². The molecule has 180 valence electrons. The van der Waals surface area contributed by atoms with Gasteiger partial charge in [-0.1, -0.05) is 37.5 Å². The van der Waals surface area contributed by atoms with Crippen molar-refractivity contribution in [3.8, 4) is 11.4 Å². The topological polar surface area (TPSA) is 40.8 Å². The summed E-state index contributed by atoms with van der Waals surface area (Å²) in [4.78, 5) is 11.8. The monoisotopic (exact) mass is 468 g/mol. The van der Waals surface area contributed by atoms with Crippen LogP contribution in [0.15, 0.2) is 41.7 Å². The van der Waals surface area contributed by atoms with Crippen molar-refractivity contribution in [1.29, 1.82) is 0 Å². The normalized spacial score (nSPS) is 27.2. The van der Waals surface area contributed by atoms with Crippen LogP contribution in [0, 0.1) is 5.92 Å². The number of aromatic nitrogens is 2. The maximum absolute atomic E-state index is 13.8. The second-order valence-electron chi connectivity index (χ2n) is 10.8. The maximum atomic E-state index is 13.8. The molecule has 0 radical (unpaired) electrons. The van der Waals surface area contributed by atoms with Crippen molar-refractivity contribution in [1.82, 2.24) is 14.9 Å². The Bertz CT molecular complexity index is 1150. The lowest BCUT2D eigenvalue weighted by atomic mass is 9.86. The molecule has 0 bridgehead atoms. The fraction of sp³-hybridized carbons (Fsp3) is 0.556. The van der Waals surface area contributed by atoms with E-state index < -0.39 is 11.7 Å². The van der Waals surface area contributed by atoms with E-state index in [0.29, 0.717) is 11.9 Å². The highest BCUT2D eigenvalue weighted by atomic mass is 19.4. The van der Waals surface area contributed by atoms with Gasteiger partial charge in [0.1, 0.15) is 11.6 Å². The average Bonchev–Trinajstić information content (AvgIpc) is 3.72. The van der Waals surface area contributed by atoms with Crippen LogP contribution in [-0.4, -0.2) is 26.4 Å². The Hall–Kier alpha value is -2.57. The summed E-state index contributed by atoms with van der Waals surface area (Å²) in [5, 5.41) is 3.54. The molecule has 0 spiro atoms. The zero-order valence-corrected chi connectivity index (χ0v) is 19.8. The SMILES string of the molecule is CC1=C(Nc2cc(C3CCCCC3)nc(-c3ccccc3C(F)(F)F)n2)N2C(C3CC3)C2(C)C1. The molecule has 2 saturated carbocycles. The molecular weight excluding hydrogens is 437 g/mol. The highest BCUT2D eigenvalue weighted by Gasteiger charge is 2.68. The van der Waals surface area contributed by atoms with E-state index in [1.165, 1.54) is 37.0 Å². The smallest absolute Gasteiger partial charge is 0.345 e. The molecule has 3 fully saturated rings. The maximum Gasteiger partial charge on any atom is 0.417 e. The lowest BCUT2D eigenvalue weighted by Crippen LogP contribution is -2.16. The molecule has 2 aliphatic heterocycles. The minimum Gasteiger partial charge on any atom is -0.345 e. The zero-order valence-electron chi connectivity index (χ0n) is 19.8. The van der Waals surface area contributed by atoms with E-state index in [1.807, 2.05) is 6.07 Å². The first-order valence-corrected chi connectivity index (χ1v) is 12.6. The summed E-state index contributed by atoms with van der Waals surface area (Å²) in [5.41, 5.74) is 1.67. The second-order valence-corrected chi connectivity index (χ2v) is 10.8. The summed E-state index contributed by atoms with van der Waals surface area (Å²) in [7, 11) is 0. The fourth-order valence-electron chi connectivity index (χ4n) is 6.47. The largest absolute Gasteiger partial charge is 0.417 e. The van der Waals surface area contributed by atoms with Crippen LogP contribution in [0.5, 0.6) is 0 Å². The Balaban J connectivity index is 1.39. The number of alkyl halides is 3. The number of anilines is 1. The first-order chi connectivity index (χ1) is 16.3. The summed E-state index contributed by atoms with van der Waals surface area (Å²) in [5.74, 6) is 2.87. The molecule has 1 saturated heterocycles. The number of rotatable bonds is 5. The zero-order chi connectivity index (χ0) is 23.7. The van der Waals surface area contributed by atoms with Gasteiger partial charge >= 0.3 is 6.18 Å². The third-order valence-electron chi connectivity index (χ3n) is 8.22. The molecule has 1 aromatic heterocycles. The molecule has 0 amide bonds. The Morgan fingerprint density at radius 3 is 2.47 bits per heavy atom. The summed E-state index contributed by atoms with van der Waals surface area (Å²) in [6, 6.07) is 8.19. The molecule has 6 rings (SSSR count). The number of nitrogens with one attached hydrogen (secondary N) is 1. The molecule has 2 aliphatic carbocycles. The lowest BCUT2D eigenvalue weighted by molar-refractivity contribution is -0.137. The fourth-order valence-corrected chi connectivity index (χ4v) is 6.47. The summed E-state index contributed by atoms with van der Waals surface area (Å²) < 4.78 is 41.4. The number of benzene rings is 1. The van der Waals surface area contributed by atoms with Gasteiger partial charge in [0.05, 0.1) is 17.1 Å². The van der Waals surface area contributed by atoms with Crippen molar-refractivity contribution in [2.24, 2.45) is 5.92 Å². The average molecular weight is 469 g/mol. The lowest BCUT2D eigenvalue weighted by Gasteiger charge is -2.23. The van der Waals surface area contributed by atoms with Crippen molar-refractivity contribution in [2.45, 2.75) is 88.9 Å². The van der Waals surface area contributed by atoms with Crippen LogP contribution in [0.25, 0.3) is 11.4 Å². The van der Waals surface area contributed by atoms with Crippen LogP contribution in [-0.2, 0) is 6.18 Å². The van der Waals surface area contributed by atoms with E-state index in [4.69, 9.17) is 4.98 Å². The highest BCUT2D eigenvalue weighted by Crippen LogP contribution is 2.62. The number of hydrogen-bond donors (Lipinski definition) is 1. The second kappa shape index (κ2) is 7.72. The van der Waals surface area contributed by atoms with E-state index in [9.17, 15) is 13.2 Å². The van der Waals surface area contributed by atoms with Gasteiger partial charge in [0.15, 0.2) is 5.82 Å². The molecule has 7 heteroatoms. The van der Waals surface area contributed by atoms with E-state index in [0.717, 1.165) is 55.6 Å². The van der Waals surface area contributed by atoms with Crippen LogP contribution < -0.4 is 5.32 Å². The van der Waals surface area contributed by atoms with Crippen LogP contribution in [0.2, 0.25) is 0 Å². The van der Waals surface area contributed by atoms with Crippen molar-refractivity contribution in [2.75, 3.05) is 5.32 Å². The molecule has 2 unspecified atom stereocenters. The minimum absolute atomic E-state index is 0.0419. The van der Waals surface area contributed by atoms with E-state index in [2.05, 4.69) is 29.0 Å².